The lowest BCUT2D eigenvalue weighted by molar-refractivity contribution is -0.384. The summed E-state index contributed by atoms with van der Waals surface area (Å²) < 4.78 is 76.2. The lowest BCUT2D eigenvalue weighted by atomic mass is 10.1. The zero-order valence-corrected chi connectivity index (χ0v) is 16.1. The molecule has 174 valence electrons. The summed E-state index contributed by atoms with van der Waals surface area (Å²) >= 11 is 0. The van der Waals surface area contributed by atoms with Crippen molar-refractivity contribution in [2.24, 2.45) is 0 Å². The molecule has 2 aromatic rings. The molecule has 0 spiro atoms. The molecule has 0 aliphatic rings. The monoisotopic (exact) mass is 466 g/mol. The Morgan fingerprint density at radius 2 is 1.03 bits per heavy atom. The van der Waals surface area contributed by atoms with E-state index in [0.717, 1.165) is 12.1 Å². The van der Waals surface area contributed by atoms with Crippen LogP contribution in [-0.2, 0) is 12.4 Å². The van der Waals surface area contributed by atoms with Crippen LogP contribution in [0.4, 0.5) is 49.1 Å². The lowest BCUT2D eigenvalue weighted by Crippen LogP contribution is -2.11. The van der Waals surface area contributed by atoms with Gasteiger partial charge in [-0.15, -0.1) is 0 Å². The molecular weight excluding hydrogens is 450 g/mol. The van der Waals surface area contributed by atoms with Crippen molar-refractivity contribution in [3.63, 3.8) is 0 Å². The van der Waals surface area contributed by atoms with E-state index in [9.17, 15) is 46.6 Å². The summed E-state index contributed by atoms with van der Waals surface area (Å²) in [6.45, 7) is 0.284. The molecule has 0 saturated heterocycles. The Hall–Kier alpha value is -3.58. The lowest BCUT2D eigenvalue weighted by Gasteiger charge is -2.12. The van der Waals surface area contributed by atoms with E-state index >= 15 is 0 Å². The van der Waals surface area contributed by atoms with Crippen molar-refractivity contribution in [3.05, 3.63) is 67.8 Å². The second kappa shape index (κ2) is 9.70. The zero-order valence-electron chi connectivity index (χ0n) is 16.1. The average Bonchev–Trinajstić information content (AvgIpc) is 2.68. The predicted octanol–water partition coefficient (Wildman–Crippen LogP) is 5.84. The first kappa shape index (κ1) is 24.7. The molecule has 0 atom stereocenters. The van der Waals surface area contributed by atoms with E-state index in [1.807, 2.05) is 0 Å². The van der Waals surface area contributed by atoms with Gasteiger partial charge >= 0.3 is 12.4 Å². The summed E-state index contributed by atoms with van der Waals surface area (Å²) in [5.74, 6) is 0. The van der Waals surface area contributed by atoms with E-state index in [1.54, 1.807) is 0 Å². The van der Waals surface area contributed by atoms with Crippen LogP contribution in [0.1, 0.15) is 24.0 Å². The molecule has 2 aromatic carbocycles. The third kappa shape index (κ3) is 6.46. The Labute approximate surface area is 176 Å². The second-order valence-corrected chi connectivity index (χ2v) is 6.53. The van der Waals surface area contributed by atoms with Crippen molar-refractivity contribution in [1.82, 2.24) is 0 Å². The van der Waals surface area contributed by atoms with E-state index < -0.39 is 44.7 Å². The summed E-state index contributed by atoms with van der Waals surface area (Å²) in [4.78, 5) is 20.2. The van der Waals surface area contributed by atoms with Crippen molar-refractivity contribution in [2.75, 3.05) is 23.7 Å². The van der Waals surface area contributed by atoms with Crippen LogP contribution >= 0.6 is 0 Å². The standard InChI is InChI=1S/C18H16F6N4O4/c19-17(20,21)11-3-5-13(15(9-11)27(29)30)25-7-1-2-8-26-14-6-4-12(18(22,23)24)10-16(14)28(31)32/h3-6,9-10,25-26H,1-2,7-8H2. The number of hydrogen-bond donors (Lipinski definition) is 2. The maximum absolute atomic E-state index is 12.7. The molecule has 0 aromatic heterocycles. The minimum Gasteiger partial charge on any atom is -0.379 e. The first-order valence-electron chi connectivity index (χ1n) is 8.99. The molecule has 2 N–H and O–H groups in total. The maximum atomic E-state index is 12.7. The van der Waals surface area contributed by atoms with E-state index in [2.05, 4.69) is 10.6 Å². The molecule has 0 radical (unpaired) electrons. The Morgan fingerprint density at radius 1 is 0.688 bits per heavy atom. The summed E-state index contributed by atoms with van der Waals surface area (Å²) in [5, 5.41) is 27.4. The SMILES string of the molecule is O=[N+]([O-])c1cc(C(F)(F)F)ccc1NCCCCNc1ccc(C(F)(F)F)cc1[N+](=O)[O-]. The van der Waals surface area contributed by atoms with Gasteiger partial charge in [-0.05, 0) is 37.1 Å². The van der Waals surface area contributed by atoms with Gasteiger partial charge in [-0.1, -0.05) is 0 Å². The molecule has 8 nitrogen and oxygen atoms in total. The third-order valence-electron chi connectivity index (χ3n) is 4.28. The number of hydrogen-bond acceptors (Lipinski definition) is 6. The van der Waals surface area contributed by atoms with Crippen molar-refractivity contribution in [1.29, 1.82) is 0 Å². The van der Waals surface area contributed by atoms with Gasteiger partial charge in [0.1, 0.15) is 11.4 Å². The Balaban J connectivity index is 1.92. The predicted molar refractivity (Wildman–Crippen MR) is 102 cm³/mol. The van der Waals surface area contributed by atoms with Crippen molar-refractivity contribution >= 4 is 22.7 Å². The number of halogens is 6. The Bertz CT molecular complexity index is 915. The van der Waals surface area contributed by atoms with Gasteiger partial charge in [0, 0.05) is 25.2 Å². The number of anilines is 2. The van der Waals surface area contributed by atoms with Crippen LogP contribution in [0, 0.1) is 20.2 Å². The molecule has 32 heavy (non-hydrogen) atoms. The van der Waals surface area contributed by atoms with Crippen LogP contribution in [-0.4, -0.2) is 22.9 Å². The number of unbranched alkanes of at least 4 members (excludes halogenated alkanes) is 1. The van der Waals surface area contributed by atoms with Crippen LogP contribution < -0.4 is 10.6 Å². The maximum Gasteiger partial charge on any atom is 0.416 e. The molecule has 2 rings (SSSR count). The highest BCUT2D eigenvalue weighted by Gasteiger charge is 2.34. The number of nitro benzene ring substituents is 2. The van der Waals surface area contributed by atoms with Gasteiger partial charge in [0.2, 0.25) is 0 Å². The number of alkyl halides is 6. The fraction of sp³-hybridized carbons (Fsp3) is 0.333. The number of benzene rings is 2. The number of nitrogens with one attached hydrogen (secondary N) is 2. The van der Waals surface area contributed by atoms with Crippen molar-refractivity contribution in [3.8, 4) is 0 Å². The molecule has 0 unspecified atom stereocenters. The van der Waals surface area contributed by atoms with Crippen LogP contribution in [0.3, 0.4) is 0 Å². The molecule has 14 heteroatoms. The van der Waals surface area contributed by atoms with Crippen molar-refractivity contribution in [2.45, 2.75) is 25.2 Å². The van der Waals surface area contributed by atoms with E-state index in [-0.39, 0.29) is 24.5 Å². The van der Waals surface area contributed by atoms with Gasteiger partial charge in [0.25, 0.3) is 11.4 Å². The molecule has 0 amide bonds. The van der Waals surface area contributed by atoms with E-state index in [4.69, 9.17) is 0 Å². The van der Waals surface area contributed by atoms with Gasteiger partial charge in [-0.3, -0.25) is 20.2 Å². The molecule has 0 aliphatic heterocycles. The Kier molecular flexibility index (Phi) is 7.48. The van der Waals surface area contributed by atoms with E-state index in [1.165, 1.54) is 0 Å². The summed E-state index contributed by atoms with van der Waals surface area (Å²) in [6.07, 6.45) is -8.73. The molecule has 0 bridgehead atoms. The molecule has 0 aliphatic carbocycles. The fourth-order valence-corrected chi connectivity index (χ4v) is 2.71. The average molecular weight is 466 g/mol. The largest absolute Gasteiger partial charge is 0.416 e. The van der Waals surface area contributed by atoms with Crippen LogP contribution in [0.15, 0.2) is 36.4 Å². The highest BCUT2D eigenvalue weighted by atomic mass is 19.4. The van der Waals surface area contributed by atoms with Crippen LogP contribution in [0.5, 0.6) is 0 Å². The van der Waals surface area contributed by atoms with Crippen molar-refractivity contribution < 1.29 is 36.2 Å². The summed E-state index contributed by atoms with van der Waals surface area (Å²) in [7, 11) is 0. The van der Waals surface area contributed by atoms with Gasteiger partial charge in [-0.25, -0.2) is 0 Å². The smallest absolute Gasteiger partial charge is 0.379 e. The Morgan fingerprint density at radius 3 is 1.31 bits per heavy atom. The summed E-state index contributed by atoms with van der Waals surface area (Å²) in [5.41, 5.74) is -3.99. The van der Waals surface area contributed by atoms with Crippen LogP contribution in [0.25, 0.3) is 0 Å². The zero-order chi connectivity index (χ0) is 24.1. The first-order chi connectivity index (χ1) is 14.8. The minimum atomic E-state index is -4.73. The highest BCUT2D eigenvalue weighted by molar-refractivity contribution is 5.63. The van der Waals surface area contributed by atoms with Gasteiger partial charge in [0.05, 0.1) is 21.0 Å². The minimum absolute atomic E-state index is 0.102. The molecule has 0 fully saturated rings. The normalized spacial score (nSPS) is 11.8. The van der Waals surface area contributed by atoms with Gasteiger partial charge in [0.15, 0.2) is 0 Å². The topological polar surface area (TPSA) is 110 Å². The third-order valence-corrected chi connectivity index (χ3v) is 4.28. The number of nitrogens with zero attached hydrogens (tertiary/aromatic N) is 2. The van der Waals surface area contributed by atoms with Gasteiger partial charge < -0.3 is 10.6 Å². The molecule has 0 heterocycles. The van der Waals surface area contributed by atoms with Crippen LogP contribution in [0.2, 0.25) is 0 Å². The van der Waals surface area contributed by atoms with Gasteiger partial charge in [-0.2, -0.15) is 26.3 Å². The second-order valence-electron chi connectivity index (χ2n) is 6.53. The van der Waals surface area contributed by atoms with E-state index in [0.29, 0.717) is 37.1 Å². The summed E-state index contributed by atoms with van der Waals surface area (Å²) in [6, 6.07) is 4.16. The highest BCUT2D eigenvalue weighted by Crippen LogP contribution is 2.36. The molecule has 0 saturated carbocycles. The first-order valence-corrected chi connectivity index (χ1v) is 8.99. The number of rotatable bonds is 9. The fourth-order valence-electron chi connectivity index (χ4n) is 2.71. The number of nitro groups is 2. The molecular formula is C18H16F6N4O4. The quantitative estimate of drug-likeness (QED) is 0.208.